The van der Waals surface area contributed by atoms with E-state index in [1.807, 2.05) is 11.8 Å². The lowest BCUT2D eigenvalue weighted by molar-refractivity contribution is 0.244. The van der Waals surface area contributed by atoms with Gasteiger partial charge in [0.05, 0.1) is 0 Å². The highest BCUT2D eigenvalue weighted by Gasteiger charge is 2.19. The van der Waals surface area contributed by atoms with E-state index in [1.54, 1.807) is 0 Å². The Kier molecular flexibility index (Phi) is 2.84. The molecule has 1 aromatic carbocycles. The van der Waals surface area contributed by atoms with Crippen LogP contribution in [0.25, 0.3) is 0 Å². The highest BCUT2D eigenvalue weighted by molar-refractivity contribution is 8.13. The lowest BCUT2D eigenvalue weighted by Crippen LogP contribution is -2.38. The molecule has 0 bridgehead atoms. The molecule has 0 aromatic heterocycles. The number of hydrazine groups is 1. The van der Waals surface area contributed by atoms with E-state index < -0.39 is 0 Å². The van der Waals surface area contributed by atoms with E-state index >= 15 is 0 Å². The van der Waals surface area contributed by atoms with Crippen LogP contribution >= 0.6 is 11.8 Å². The Morgan fingerprint density at radius 1 is 1.19 bits per heavy atom. The molecular weight excluding hydrogens is 218 g/mol. The van der Waals surface area contributed by atoms with Gasteiger partial charge in [-0.05, 0) is 17.5 Å². The van der Waals surface area contributed by atoms with Crippen LogP contribution in [0.3, 0.4) is 0 Å². The smallest absolute Gasteiger partial charge is 0.171 e. The average Bonchev–Trinajstić information content (AvgIpc) is 2.72. The molecule has 2 aliphatic heterocycles. The fraction of sp³-hybridized carbons (Fsp3) is 0.417. The third kappa shape index (κ3) is 2.08. The summed E-state index contributed by atoms with van der Waals surface area (Å²) in [6.45, 7) is 2.93. The van der Waals surface area contributed by atoms with Crippen molar-refractivity contribution in [2.24, 2.45) is 4.99 Å². The average molecular weight is 233 g/mol. The third-order valence-corrected chi connectivity index (χ3v) is 3.88. The first-order valence-corrected chi connectivity index (χ1v) is 6.66. The van der Waals surface area contributed by atoms with Crippen molar-refractivity contribution in [1.29, 1.82) is 0 Å². The Labute approximate surface area is 99.9 Å². The molecule has 2 aliphatic rings. The molecule has 0 aliphatic carbocycles. The van der Waals surface area contributed by atoms with Crippen molar-refractivity contribution in [2.45, 2.75) is 19.5 Å². The number of aliphatic imine (C=N–C) groups is 1. The minimum atomic E-state index is 0.968. The second-order valence-electron chi connectivity index (χ2n) is 4.13. The van der Waals surface area contributed by atoms with E-state index in [9.17, 15) is 0 Å². The second-order valence-corrected chi connectivity index (χ2v) is 5.21. The number of benzene rings is 1. The van der Waals surface area contributed by atoms with Gasteiger partial charge in [0.15, 0.2) is 5.17 Å². The number of thioether (sulfide) groups is 1. The maximum atomic E-state index is 4.48. The Morgan fingerprint density at radius 2 is 1.94 bits per heavy atom. The lowest BCUT2D eigenvalue weighted by atomic mass is 10.1. The van der Waals surface area contributed by atoms with Gasteiger partial charge in [-0.15, -0.1) is 0 Å². The fourth-order valence-electron chi connectivity index (χ4n) is 2.07. The highest BCUT2D eigenvalue weighted by atomic mass is 32.2. The van der Waals surface area contributed by atoms with Crippen molar-refractivity contribution < 1.29 is 0 Å². The molecule has 84 valence electrons. The molecule has 1 N–H and O–H groups in total. The van der Waals surface area contributed by atoms with Crippen LogP contribution in [0.2, 0.25) is 0 Å². The van der Waals surface area contributed by atoms with Gasteiger partial charge in [0.1, 0.15) is 0 Å². The number of hydrogen-bond acceptors (Lipinski definition) is 4. The first-order valence-electron chi connectivity index (χ1n) is 5.67. The molecule has 4 heteroatoms. The maximum Gasteiger partial charge on any atom is 0.171 e. The molecule has 0 radical (unpaired) electrons. The highest BCUT2D eigenvalue weighted by Crippen LogP contribution is 2.21. The van der Waals surface area contributed by atoms with Crippen LogP contribution in [0.4, 0.5) is 0 Å². The first kappa shape index (κ1) is 10.2. The molecular formula is C12H15N3S. The van der Waals surface area contributed by atoms with E-state index in [4.69, 9.17) is 0 Å². The van der Waals surface area contributed by atoms with Crippen LogP contribution in [0.1, 0.15) is 17.5 Å². The third-order valence-electron chi connectivity index (χ3n) is 2.89. The van der Waals surface area contributed by atoms with Gasteiger partial charge in [0.2, 0.25) is 0 Å². The predicted molar refractivity (Wildman–Crippen MR) is 68.2 cm³/mol. The summed E-state index contributed by atoms with van der Waals surface area (Å²) in [5.74, 6) is 1.19. The zero-order valence-corrected chi connectivity index (χ0v) is 9.96. The summed E-state index contributed by atoms with van der Waals surface area (Å²) in [4.78, 5) is 4.48. The number of rotatable bonds is 1. The summed E-state index contributed by atoms with van der Waals surface area (Å²) < 4.78 is 0. The van der Waals surface area contributed by atoms with E-state index in [1.165, 1.54) is 23.3 Å². The summed E-state index contributed by atoms with van der Waals surface area (Å²) in [6.07, 6.45) is 1.20. The van der Waals surface area contributed by atoms with Gasteiger partial charge in [0, 0.05) is 25.4 Å². The molecule has 0 saturated carbocycles. The van der Waals surface area contributed by atoms with Crippen molar-refractivity contribution in [2.75, 3.05) is 12.3 Å². The van der Waals surface area contributed by atoms with Crippen molar-refractivity contribution >= 4 is 16.9 Å². The molecule has 1 aromatic rings. The van der Waals surface area contributed by atoms with Gasteiger partial charge in [-0.3, -0.25) is 10.4 Å². The van der Waals surface area contributed by atoms with Gasteiger partial charge in [-0.1, -0.05) is 36.0 Å². The van der Waals surface area contributed by atoms with Gasteiger partial charge < -0.3 is 0 Å². The number of nitrogens with one attached hydrogen (secondary N) is 1. The van der Waals surface area contributed by atoms with Gasteiger partial charge >= 0.3 is 0 Å². The van der Waals surface area contributed by atoms with Gasteiger partial charge in [-0.2, -0.15) is 0 Å². The molecule has 0 unspecified atom stereocenters. The van der Waals surface area contributed by atoms with Crippen molar-refractivity contribution in [3.05, 3.63) is 35.4 Å². The summed E-state index contributed by atoms with van der Waals surface area (Å²) >= 11 is 1.83. The zero-order valence-electron chi connectivity index (χ0n) is 9.15. The number of hydrogen-bond donors (Lipinski definition) is 1. The molecule has 0 atom stereocenters. The molecule has 16 heavy (non-hydrogen) atoms. The second kappa shape index (κ2) is 4.47. The van der Waals surface area contributed by atoms with Crippen molar-refractivity contribution in [3.63, 3.8) is 0 Å². The number of amidine groups is 1. The van der Waals surface area contributed by atoms with Crippen molar-refractivity contribution in [1.82, 2.24) is 10.4 Å². The van der Waals surface area contributed by atoms with Gasteiger partial charge in [0.25, 0.3) is 0 Å². The van der Waals surface area contributed by atoms with Crippen LogP contribution < -0.4 is 5.43 Å². The van der Waals surface area contributed by atoms with Crippen LogP contribution in [0, 0.1) is 0 Å². The van der Waals surface area contributed by atoms with E-state index in [-0.39, 0.29) is 0 Å². The number of fused-ring (bicyclic) bond motifs is 1. The minimum Gasteiger partial charge on any atom is -0.297 e. The molecule has 0 amide bonds. The van der Waals surface area contributed by atoms with E-state index in [0.717, 1.165) is 24.8 Å². The van der Waals surface area contributed by atoms with Crippen LogP contribution in [-0.2, 0) is 13.1 Å². The monoisotopic (exact) mass is 233 g/mol. The quantitative estimate of drug-likeness (QED) is 0.804. The molecule has 3 nitrogen and oxygen atoms in total. The summed E-state index contributed by atoms with van der Waals surface area (Å²) in [6, 6.07) is 8.62. The van der Waals surface area contributed by atoms with Crippen LogP contribution in [-0.4, -0.2) is 22.5 Å². The molecule has 2 heterocycles. The summed E-state index contributed by atoms with van der Waals surface area (Å²) in [5, 5.41) is 3.32. The molecule has 0 spiro atoms. The SMILES string of the molecule is c1ccc2c(c1)CN(NC1=NCCCS1)C2. The van der Waals surface area contributed by atoms with Gasteiger partial charge in [-0.25, -0.2) is 5.01 Å². The molecule has 3 rings (SSSR count). The van der Waals surface area contributed by atoms with E-state index in [2.05, 4.69) is 39.7 Å². The Morgan fingerprint density at radius 3 is 2.56 bits per heavy atom. The number of nitrogens with zero attached hydrogens (tertiary/aromatic N) is 2. The molecule has 0 saturated heterocycles. The Bertz CT molecular complexity index is 391. The topological polar surface area (TPSA) is 27.6 Å². The maximum absolute atomic E-state index is 4.48. The minimum absolute atomic E-state index is 0.968. The van der Waals surface area contributed by atoms with Crippen LogP contribution in [0.5, 0.6) is 0 Å². The summed E-state index contributed by atoms with van der Waals surface area (Å²) in [5.41, 5.74) is 6.27. The first-order chi connectivity index (χ1) is 7.92. The van der Waals surface area contributed by atoms with Crippen LogP contribution in [0.15, 0.2) is 29.3 Å². The Balaban J connectivity index is 1.65. The summed E-state index contributed by atoms with van der Waals surface area (Å²) in [7, 11) is 0. The van der Waals surface area contributed by atoms with Crippen molar-refractivity contribution in [3.8, 4) is 0 Å². The lowest BCUT2D eigenvalue weighted by Gasteiger charge is -2.20. The fourth-order valence-corrected chi connectivity index (χ4v) is 2.92. The zero-order chi connectivity index (χ0) is 10.8. The largest absolute Gasteiger partial charge is 0.297 e. The predicted octanol–water partition coefficient (Wildman–Crippen LogP) is 2.00. The normalized spacial score (nSPS) is 20.4. The molecule has 0 fully saturated rings. The van der Waals surface area contributed by atoms with E-state index in [0.29, 0.717) is 0 Å². The Hall–Kier alpha value is -1.000. The standard InChI is InChI=1S/C12H15N3S/c1-2-5-11-9-15(8-10(11)4-1)14-12-13-6-3-7-16-12/h1-2,4-5H,3,6-9H2,(H,13,14).